The van der Waals surface area contributed by atoms with E-state index in [1.807, 2.05) is 6.92 Å². The van der Waals surface area contributed by atoms with Gasteiger partial charge in [-0.25, -0.2) is 0 Å². The van der Waals surface area contributed by atoms with Crippen LogP contribution in [0.5, 0.6) is 0 Å². The highest BCUT2D eigenvalue weighted by atomic mass is 79.9. The molecule has 78 valence electrons. The first-order valence-electron chi connectivity index (χ1n) is 4.76. The van der Waals surface area contributed by atoms with Gasteiger partial charge in [-0.2, -0.15) is 0 Å². The van der Waals surface area contributed by atoms with Gasteiger partial charge < -0.3 is 10.6 Å². The summed E-state index contributed by atoms with van der Waals surface area (Å²) in [6, 6.07) is 8.61. The van der Waals surface area contributed by atoms with E-state index in [0.717, 1.165) is 17.6 Å². The second-order valence-electron chi connectivity index (χ2n) is 3.80. The number of likely N-dealkylation sites (N-methyl/N-ethyl adjacent to an activating group) is 1. The summed E-state index contributed by atoms with van der Waals surface area (Å²) >= 11 is 3.42. The molecule has 1 aromatic carbocycles. The molecular formula is C11H17BrN2. The Hall–Kier alpha value is -0.380. The van der Waals surface area contributed by atoms with Crippen LogP contribution in [-0.4, -0.2) is 24.5 Å². The minimum atomic E-state index is 0.232. The second-order valence-corrected chi connectivity index (χ2v) is 4.72. The van der Waals surface area contributed by atoms with Crippen molar-refractivity contribution in [2.24, 2.45) is 5.73 Å². The van der Waals surface area contributed by atoms with E-state index in [0.29, 0.717) is 0 Å². The lowest BCUT2D eigenvalue weighted by atomic mass is 10.2. The van der Waals surface area contributed by atoms with Crippen molar-refractivity contribution in [1.29, 1.82) is 0 Å². The van der Waals surface area contributed by atoms with Crippen LogP contribution in [0.1, 0.15) is 12.5 Å². The number of nitrogens with two attached hydrogens (primary N) is 1. The summed E-state index contributed by atoms with van der Waals surface area (Å²) in [5.74, 6) is 0. The van der Waals surface area contributed by atoms with Gasteiger partial charge in [0, 0.05) is 23.6 Å². The lowest BCUT2D eigenvalue weighted by Crippen LogP contribution is -2.32. The fraction of sp³-hybridized carbons (Fsp3) is 0.455. The van der Waals surface area contributed by atoms with E-state index >= 15 is 0 Å². The first-order chi connectivity index (χ1) is 6.58. The summed E-state index contributed by atoms with van der Waals surface area (Å²) in [5.41, 5.74) is 7.04. The zero-order valence-electron chi connectivity index (χ0n) is 8.70. The maximum atomic E-state index is 5.72. The Labute approximate surface area is 94.2 Å². The van der Waals surface area contributed by atoms with Crippen molar-refractivity contribution in [3.05, 3.63) is 34.3 Å². The Morgan fingerprint density at radius 1 is 1.36 bits per heavy atom. The molecule has 0 spiro atoms. The van der Waals surface area contributed by atoms with Crippen molar-refractivity contribution in [1.82, 2.24) is 4.90 Å². The number of halogens is 1. The Balaban J connectivity index is 2.47. The number of benzene rings is 1. The minimum Gasteiger partial charge on any atom is -0.327 e. The van der Waals surface area contributed by atoms with Crippen molar-refractivity contribution in [2.75, 3.05) is 13.6 Å². The number of hydrogen-bond donors (Lipinski definition) is 1. The Bertz CT molecular complexity index is 269. The van der Waals surface area contributed by atoms with Gasteiger partial charge in [0.25, 0.3) is 0 Å². The van der Waals surface area contributed by atoms with Crippen LogP contribution in [0, 0.1) is 0 Å². The van der Waals surface area contributed by atoms with Crippen LogP contribution in [-0.2, 0) is 6.54 Å². The summed E-state index contributed by atoms with van der Waals surface area (Å²) < 4.78 is 1.12. The summed E-state index contributed by atoms with van der Waals surface area (Å²) in [7, 11) is 2.09. The van der Waals surface area contributed by atoms with Gasteiger partial charge in [0.2, 0.25) is 0 Å². The van der Waals surface area contributed by atoms with Gasteiger partial charge in [0.1, 0.15) is 0 Å². The van der Waals surface area contributed by atoms with Gasteiger partial charge in [0.05, 0.1) is 0 Å². The van der Waals surface area contributed by atoms with E-state index < -0.39 is 0 Å². The normalized spacial score (nSPS) is 13.2. The van der Waals surface area contributed by atoms with E-state index in [1.54, 1.807) is 0 Å². The van der Waals surface area contributed by atoms with Gasteiger partial charge in [-0.3, -0.25) is 0 Å². The van der Waals surface area contributed by atoms with Crippen molar-refractivity contribution >= 4 is 15.9 Å². The molecule has 14 heavy (non-hydrogen) atoms. The lowest BCUT2D eigenvalue weighted by molar-refractivity contribution is 0.310. The Morgan fingerprint density at radius 3 is 2.43 bits per heavy atom. The molecule has 0 amide bonds. The topological polar surface area (TPSA) is 29.3 Å². The van der Waals surface area contributed by atoms with E-state index in [-0.39, 0.29) is 6.04 Å². The van der Waals surface area contributed by atoms with Crippen LogP contribution in [0.3, 0.4) is 0 Å². The lowest BCUT2D eigenvalue weighted by Gasteiger charge is -2.18. The Morgan fingerprint density at radius 2 is 1.93 bits per heavy atom. The highest BCUT2D eigenvalue weighted by Gasteiger charge is 2.02. The molecule has 1 atom stereocenters. The summed E-state index contributed by atoms with van der Waals surface area (Å²) in [5, 5.41) is 0. The molecule has 1 aromatic rings. The maximum absolute atomic E-state index is 5.72. The zero-order chi connectivity index (χ0) is 10.6. The molecule has 0 radical (unpaired) electrons. The molecule has 0 aliphatic rings. The van der Waals surface area contributed by atoms with E-state index in [2.05, 4.69) is 52.1 Å². The molecule has 0 aliphatic carbocycles. The first-order valence-corrected chi connectivity index (χ1v) is 5.56. The quantitative estimate of drug-likeness (QED) is 0.896. The van der Waals surface area contributed by atoms with Crippen molar-refractivity contribution in [3.8, 4) is 0 Å². The van der Waals surface area contributed by atoms with Crippen LogP contribution in [0.2, 0.25) is 0 Å². The molecule has 0 aromatic heterocycles. The number of hydrogen-bond acceptors (Lipinski definition) is 2. The second kappa shape index (κ2) is 5.49. The third-order valence-electron chi connectivity index (χ3n) is 1.97. The summed E-state index contributed by atoms with van der Waals surface area (Å²) in [6.45, 7) is 3.91. The molecule has 3 heteroatoms. The Kier molecular flexibility index (Phi) is 4.58. The molecular weight excluding hydrogens is 240 g/mol. The van der Waals surface area contributed by atoms with Gasteiger partial charge in [-0.15, -0.1) is 0 Å². The monoisotopic (exact) mass is 256 g/mol. The van der Waals surface area contributed by atoms with Gasteiger partial charge in [0.15, 0.2) is 0 Å². The van der Waals surface area contributed by atoms with Crippen molar-refractivity contribution in [2.45, 2.75) is 19.5 Å². The van der Waals surface area contributed by atoms with Gasteiger partial charge in [-0.1, -0.05) is 28.1 Å². The van der Waals surface area contributed by atoms with Crippen LogP contribution < -0.4 is 5.73 Å². The number of rotatable bonds is 4. The molecule has 0 saturated heterocycles. The van der Waals surface area contributed by atoms with Gasteiger partial charge >= 0.3 is 0 Å². The third-order valence-corrected chi connectivity index (χ3v) is 2.49. The van der Waals surface area contributed by atoms with Crippen LogP contribution in [0.4, 0.5) is 0 Å². The molecule has 0 aliphatic heterocycles. The van der Waals surface area contributed by atoms with Crippen LogP contribution in [0.25, 0.3) is 0 Å². The molecule has 2 N–H and O–H groups in total. The van der Waals surface area contributed by atoms with Gasteiger partial charge in [-0.05, 0) is 31.7 Å². The molecule has 0 saturated carbocycles. The third kappa shape index (κ3) is 4.22. The summed E-state index contributed by atoms with van der Waals surface area (Å²) in [6.07, 6.45) is 0. The van der Waals surface area contributed by atoms with Crippen LogP contribution >= 0.6 is 15.9 Å². The fourth-order valence-electron chi connectivity index (χ4n) is 1.46. The largest absolute Gasteiger partial charge is 0.327 e. The average Bonchev–Trinajstić information content (AvgIpc) is 2.07. The first kappa shape index (κ1) is 11.7. The predicted octanol–water partition coefficient (Wildman–Crippen LogP) is 2.23. The highest BCUT2D eigenvalue weighted by molar-refractivity contribution is 9.10. The van der Waals surface area contributed by atoms with E-state index in [9.17, 15) is 0 Å². The zero-order valence-corrected chi connectivity index (χ0v) is 10.3. The summed E-state index contributed by atoms with van der Waals surface area (Å²) in [4.78, 5) is 2.23. The molecule has 0 heterocycles. The van der Waals surface area contributed by atoms with Crippen molar-refractivity contribution in [3.63, 3.8) is 0 Å². The molecule has 0 bridgehead atoms. The molecule has 0 fully saturated rings. The minimum absolute atomic E-state index is 0.232. The average molecular weight is 257 g/mol. The standard InChI is InChI=1S/C11H17BrN2/c1-9(13)7-14(2)8-10-3-5-11(12)6-4-10/h3-6,9H,7-8,13H2,1-2H3. The SMILES string of the molecule is CC(N)CN(C)Cc1ccc(Br)cc1. The maximum Gasteiger partial charge on any atom is 0.0231 e. The molecule has 2 nitrogen and oxygen atoms in total. The predicted molar refractivity (Wildman–Crippen MR) is 64.1 cm³/mol. The van der Waals surface area contributed by atoms with E-state index in [1.165, 1.54) is 5.56 Å². The smallest absolute Gasteiger partial charge is 0.0231 e. The van der Waals surface area contributed by atoms with Crippen molar-refractivity contribution < 1.29 is 0 Å². The highest BCUT2D eigenvalue weighted by Crippen LogP contribution is 2.11. The van der Waals surface area contributed by atoms with E-state index in [4.69, 9.17) is 5.73 Å². The molecule has 1 rings (SSSR count). The molecule has 1 unspecified atom stereocenters. The fourth-order valence-corrected chi connectivity index (χ4v) is 1.72. The van der Waals surface area contributed by atoms with Crippen LogP contribution in [0.15, 0.2) is 28.7 Å². The number of nitrogens with zero attached hydrogens (tertiary/aromatic N) is 1.